The number of hydrogen-bond acceptors (Lipinski definition) is 5. The van der Waals surface area contributed by atoms with Crippen LogP contribution in [0.1, 0.15) is 30.9 Å². The number of rotatable bonds is 4. The van der Waals surface area contributed by atoms with E-state index in [0.29, 0.717) is 5.92 Å². The van der Waals surface area contributed by atoms with Gasteiger partial charge in [0.05, 0.1) is 6.54 Å². The number of aryl methyl sites for hydroxylation is 1. The topological polar surface area (TPSA) is 105 Å². The summed E-state index contributed by atoms with van der Waals surface area (Å²) in [4.78, 5) is 39.2. The highest BCUT2D eigenvalue weighted by molar-refractivity contribution is 5.72. The molecule has 3 rings (SSSR count). The molecule has 0 unspecified atom stereocenters. The fourth-order valence-electron chi connectivity index (χ4n) is 2.95. The molecule has 9 nitrogen and oxygen atoms in total. The summed E-state index contributed by atoms with van der Waals surface area (Å²) in [5, 5.41) is 11.4. The van der Waals surface area contributed by atoms with E-state index in [1.165, 1.54) is 23.2 Å². The van der Waals surface area contributed by atoms with Crippen molar-refractivity contribution in [1.29, 1.82) is 0 Å². The predicted octanol–water partition coefficient (Wildman–Crippen LogP) is 1.51. The van der Waals surface area contributed by atoms with Crippen LogP contribution in [0.25, 0.3) is 11.2 Å². The lowest BCUT2D eigenvalue weighted by atomic mass is 10.0. The second kappa shape index (κ2) is 6.25. The van der Waals surface area contributed by atoms with E-state index in [9.17, 15) is 19.7 Å². The Morgan fingerprint density at radius 1 is 1.12 bits per heavy atom. The van der Waals surface area contributed by atoms with Crippen LogP contribution in [-0.2, 0) is 20.6 Å². The fourth-order valence-corrected chi connectivity index (χ4v) is 2.95. The quantitative estimate of drug-likeness (QED) is 0.520. The van der Waals surface area contributed by atoms with Gasteiger partial charge < -0.3 is 10.1 Å². The highest BCUT2D eigenvalue weighted by atomic mass is 16.6. The van der Waals surface area contributed by atoms with Gasteiger partial charge in [-0.3, -0.25) is 13.9 Å². The lowest BCUT2D eigenvalue weighted by Crippen LogP contribution is -2.37. The summed E-state index contributed by atoms with van der Waals surface area (Å²) < 4.78 is 3.39. The second-order valence-electron chi connectivity index (χ2n) is 6.53. The zero-order valence-electron chi connectivity index (χ0n) is 15.0. The Hall–Kier alpha value is -3.23. The molecule has 136 valence electrons. The molecular weight excluding hydrogens is 338 g/mol. The summed E-state index contributed by atoms with van der Waals surface area (Å²) in [6.45, 7) is 4.29. The van der Waals surface area contributed by atoms with Crippen LogP contribution in [0.4, 0.5) is 5.95 Å². The highest BCUT2D eigenvalue weighted by Gasteiger charge is 2.28. The minimum atomic E-state index is -0.653. The molecule has 0 aliphatic carbocycles. The Labute approximate surface area is 148 Å². The zero-order chi connectivity index (χ0) is 19.2. The van der Waals surface area contributed by atoms with E-state index in [1.54, 1.807) is 0 Å². The van der Waals surface area contributed by atoms with Gasteiger partial charge >= 0.3 is 17.2 Å². The summed E-state index contributed by atoms with van der Waals surface area (Å²) in [5.74, 6) is -0.0949. The van der Waals surface area contributed by atoms with Crippen molar-refractivity contribution in [1.82, 2.24) is 18.7 Å². The van der Waals surface area contributed by atoms with Crippen LogP contribution >= 0.6 is 0 Å². The van der Waals surface area contributed by atoms with E-state index >= 15 is 0 Å². The molecule has 0 radical (unpaired) electrons. The zero-order valence-corrected chi connectivity index (χ0v) is 15.0. The monoisotopic (exact) mass is 357 g/mol. The number of fused-ring (bicyclic) bond motifs is 1. The molecule has 1 aromatic carbocycles. The van der Waals surface area contributed by atoms with Crippen LogP contribution in [0.15, 0.2) is 33.9 Å². The number of nitrogens with zero attached hydrogens (tertiary/aromatic N) is 5. The van der Waals surface area contributed by atoms with Crippen LogP contribution in [0.5, 0.6) is 0 Å². The average molecular weight is 357 g/mol. The molecule has 0 saturated carbocycles. The van der Waals surface area contributed by atoms with Crippen molar-refractivity contribution in [3.05, 3.63) is 66.3 Å². The van der Waals surface area contributed by atoms with Gasteiger partial charge in [-0.25, -0.2) is 9.36 Å². The smallest absolute Gasteiger partial charge is 0.390 e. The molecular formula is C17H19N5O4. The summed E-state index contributed by atoms with van der Waals surface area (Å²) >= 11 is 0. The van der Waals surface area contributed by atoms with Crippen molar-refractivity contribution < 1.29 is 4.92 Å². The average Bonchev–Trinajstić information content (AvgIpc) is 2.98. The van der Waals surface area contributed by atoms with E-state index in [4.69, 9.17) is 0 Å². The maximum atomic E-state index is 12.3. The molecule has 9 heteroatoms. The second-order valence-corrected chi connectivity index (χ2v) is 6.53. The summed E-state index contributed by atoms with van der Waals surface area (Å²) in [5.41, 5.74) is 0.789. The minimum Gasteiger partial charge on any atom is -0.390 e. The lowest BCUT2D eigenvalue weighted by molar-refractivity contribution is -0.396. The number of benzene rings is 1. The first-order chi connectivity index (χ1) is 12.2. The van der Waals surface area contributed by atoms with E-state index in [0.717, 1.165) is 15.7 Å². The summed E-state index contributed by atoms with van der Waals surface area (Å²) in [6, 6.07) is 7.68. The molecule has 2 aromatic heterocycles. The van der Waals surface area contributed by atoms with Gasteiger partial charge in [-0.1, -0.05) is 43.1 Å². The molecule has 0 N–H and O–H groups in total. The Bertz CT molecular complexity index is 1120. The summed E-state index contributed by atoms with van der Waals surface area (Å²) in [6.07, 6.45) is 0. The van der Waals surface area contributed by atoms with Crippen LogP contribution < -0.4 is 11.2 Å². The predicted molar refractivity (Wildman–Crippen MR) is 96.5 cm³/mol. The normalized spacial score (nSPS) is 11.4. The van der Waals surface area contributed by atoms with Crippen LogP contribution in [-0.4, -0.2) is 23.6 Å². The fraction of sp³-hybridized carbons (Fsp3) is 0.353. The first-order valence-corrected chi connectivity index (χ1v) is 8.11. The van der Waals surface area contributed by atoms with E-state index in [-0.39, 0.29) is 17.7 Å². The molecule has 0 bridgehead atoms. The lowest BCUT2D eigenvalue weighted by Gasteiger charge is -2.08. The number of aromatic nitrogens is 4. The third-order valence-electron chi connectivity index (χ3n) is 4.47. The first kappa shape index (κ1) is 17.6. The molecule has 0 aliphatic heterocycles. The van der Waals surface area contributed by atoms with E-state index in [1.807, 2.05) is 24.3 Å². The van der Waals surface area contributed by atoms with Crippen LogP contribution in [0.3, 0.4) is 0 Å². The molecule has 26 heavy (non-hydrogen) atoms. The Morgan fingerprint density at radius 2 is 1.73 bits per heavy atom. The maximum absolute atomic E-state index is 12.3. The van der Waals surface area contributed by atoms with Gasteiger partial charge in [0.25, 0.3) is 5.52 Å². The molecule has 3 aromatic rings. The van der Waals surface area contributed by atoms with Gasteiger partial charge in [0.2, 0.25) is 5.65 Å². The molecule has 0 aliphatic rings. The van der Waals surface area contributed by atoms with Gasteiger partial charge in [-0.05, 0) is 22.0 Å². The van der Waals surface area contributed by atoms with Gasteiger partial charge in [0.1, 0.15) is 0 Å². The van der Waals surface area contributed by atoms with E-state index < -0.39 is 22.1 Å². The van der Waals surface area contributed by atoms with Crippen LogP contribution in [0.2, 0.25) is 0 Å². The molecule has 0 spiro atoms. The molecule has 0 saturated heterocycles. The molecule has 0 atom stereocenters. The SMILES string of the molecule is CC(C)c1ccc(Cn2c([N+](=O)[O-])nc3c(=O)n(C)c(=O)n(C)c32)cc1. The first-order valence-electron chi connectivity index (χ1n) is 8.11. The third kappa shape index (κ3) is 2.71. The van der Waals surface area contributed by atoms with Crippen LogP contribution in [0, 0.1) is 10.1 Å². The highest BCUT2D eigenvalue weighted by Crippen LogP contribution is 2.21. The van der Waals surface area contributed by atoms with Crippen molar-refractivity contribution in [3.63, 3.8) is 0 Å². The van der Waals surface area contributed by atoms with Gasteiger partial charge in [0, 0.05) is 14.1 Å². The van der Waals surface area contributed by atoms with Crippen molar-refractivity contribution in [2.24, 2.45) is 14.1 Å². The van der Waals surface area contributed by atoms with Gasteiger partial charge in [0.15, 0.2) is 0 Å². The van der Waals surface area contributed by atoms with Gasteiger partial charge in [-0.2, -0.15) is 0 Å². The van der Waals surface area contributed by atoms with E-state index in [2.05, 4.69) is 18.8 Å². The Kier molecular flexibility index (Phi) is 4.23. The van der Waals surface area contributed by atoms with Crippen molar-refractivity contribution >= 4 is 17.1 Å². The molecule has 0 amide bonds. The third-order valence-corrected chi connectivity index (χ3v) is 4.47. The molecule has 2 heterocycles. The van der Waals surface area contributed by atoms with Crippen molar-refractivity contribution in [2.75, 3.05) is 0 Å². The molecule has 0 fully saturated rings. The standard InChI is InChI=1S/C17H19N5O4/c1-10(2)12-7-5-11(6-8-12)9-21-14-13(18-16(21)22(25)26)15(23)20(4)17(24)19(14)3/h5-8,10H,9H2,1-4H3. The van der Waals surface area contributed by atoms with Crippen molar-refractivity contribution in [2.45, 2.75) is 26.3 Å². The maximum Gasteiger partial charge on any atom is 0.437 e. The minimum absolute atomic E-state index is 0.0971. The van der Waals surface area contributed by atoms with Crippen molar-refractivity contribution in [3.8, 4) is 0 Å². The largest absolute Gasteiger partial charge is 0.437 e. The van der Waals surface area contributed by atoms with Gasteiger partial charge in [-0.15, -0.1) is 0 Å². The number of hydrogen-bond donors (Lipinski definition) is 0. The summed E-state index contributed by atoms with van der Waals surface area (Å²) in [7, 11) is 2.79. The Balaban J connectivity index is 2.24. The number of nitro groups is 1. The number of imidazole rings is 1. The Morgan fingerprint density at radius 3 is 2.27 bits per heavy atom.